The van der Waals surface area contributed by atoms with E-state index in [9.17, 15) is 0 Å². The molecule has 52 valence electrons. The van der Waals surface area contributed by atoms with Crippen LogP contribution in [0, 0.1) is 11.3 Å². The number of nitrogens with zero attached hydrogens (tertiary/aromatic N) is 1. The van der Waals surface area contributed by atoms with Crippen molar-refractivity contribution in [2.45, 2.75) is 0 Å². The molecule has 0 saturated heterocycles. The first-order valence-electron chi connectivity index (χ1n) is 2.54. The van der Waals surface area contributed by atoms with Gasteiger partial charge in [0, 0.05) is 0 Å². The molecule has 0 bridgehead atoms. The minimum absolute atomic E-state index is 0.0580. The maximum Gasteiger partial charge on any atom is 0.155 e. The smallest absolute Gasteiger partial charge is 0.155 e. The number of allylic oxidation sites excluding steroid dienone is 2. The summed E-state index contributed by atoms with van der Waals surface area (Å²) in [5.41, 5.74) is 5.20. The van der Waals surface area contributed by atoms with Gasteiger partial charge in [-0.05, 0) is 6.08 Å². The second-order valence-corrected chi connectivity index (χ2v) is 1.60. The molecule has 0 spiro atoms. The molecule has 0 aromatic heterocycles. The van der Waals surface area contributed by atoms with Gasteiger partial charge in [0.15, 0.2) is 5.76 Å². The number of hydrogen-bond donors (Lipinski definition) is 2. The average Bonchev–Trinajstić information content (AvgIpc) is 2.00. The minimum Gasteiger partial charge on any atom is -0.504 e. The topological polar surface area (TPSA) is 70.0 Å². The summed E-state index contributed by atoms with van der Waals surface area (Å²) in [6.07, 6.45) is 1.25. The van der Waals surface area contributed by atoms with Gasteiger partial charge in [0.05, 0.1) is 11.3 Å². The zero-order chi connectivity index (χ0) is 8.15. The molecule has 0 aromatic carbocycles. The summed E-state index contributed by atoms with van der Waals surface area (Å²) in [5, 5.41) is 17.2. The predicted molar refractivity (Wildman–Crippen MR) is 38.8 cm³/mol. The lowest BCUT2D eigenvalue weighted by Gasteiger charge is -1.96. The minimum atomic E-state index is -0.308. The molecule has 0 heterocycles. The van der Waals surface area contributed by atoms with Gasteiger partial charge in [0.2, 0.25) is 0 Å². The molecule has 3 heteroatoms. The molecular weight excluding hydrogens is 128 g/mol. The van der Waals surface area contributed by atoms with Crippen LogP contribution in [0.15, 0.2) is 36.3 Å². The molecule has 0 saturated carbocycles. The summed E-state index contributed by atoms with van der Waals surface area (Å²) < 4.78 is 0. The van der Waals surface area contributed by atoms with E-state index in [0.717, 1.165) is 0 Å². The Kier molecular flexibility index (Phi) is 2.79. The molecule has 0 aliphatic rings. The number of nitrogens with two attached hydrogens (primary N) is 1. The molecule has 0 atom stereocenters. The zero-order valence-electron chi connectivity index (χ0n) is 5.46. The van der Waals surface area contributed by atoms with E-state index in [-0.39, 0.29) is 17.0 Å². The van der Waals surface area contributed by atoms with E-state index in [1.807, 2.05) is 0 Å². The Hall–Kier alpha value is -1.69. The van der Waals surface area contributed by atoms with E-state index in [4.69, 9.17) is 16.1 Å². The van der Waals surface area contributed by atoms with Crippen LogP contribution in [0.5, 0.6) is 0 Å². The molecule has 0 unspecified atom stereocenters. The van der Waals surface area contributed by atoms with Gasteiger partial charge < -0.3 is 10.8 Å². The third-order valence-corrected chi connectivity index (χ3v) is 0.914. The highest BCUT2D eigenvalue weighted by atomic mass is 16.3. The maximum atomic E-state index is 8.95. The fourth-order valence-electron chi connectivity index (χ4n) is 0.324. The van der Waals surface area contributed by atoms with E-state index in [2.05, 4.69) is 13.2 Å². The third kappa shape index (κ3) is 1.67. The van der Waals surface area contributed by atoms with E-state index in [1.165, 1.54) is 6.08 Å². The van der Waals surface area contributed by atoms with Gasteiger partial charge in [-0.1, -0.05) is 13.2 Å². The van der Waals surface area contributed by atoms with Gasteiger partial charge in [-0.15, -0.1) is 0 Å². The first-order valence-corrected chi connectivity index (χ1v) is 2.54. The Balaban J connectivity index is 4.67. The van der Waals surface area contributed by atoms with Crippen LogP contribution in [-0.2, 0) is 0 Å². The van der Waals surface area contributed by atoms with E-state index in [1.54, 1.807) is 6.07 Å². The highest BCUT2D eigenvalue weighted by molar-refractivity contribution is 5.39. The summed E-state index contributed by atoms with van der Waals surface area (Å²) in [6, 6.07) is 1.65. The molecule has 0 aromatic rings. The van der Waals surface area contributed by atoms with Crippen molar-refractivity contribution in [3.05, 3.63) is 36.3 Å². The van der Waals surface area contributed by atoms with Crippen molar-refractivity contribution in [1.29, 1.82) is 5.26 Å². The van der Waals surface area contributed by atoms with Crippen molar-refractivity contribution in [2.24, 2.45) is 5.73 Å². The fourth-order valence-corrected chi connectivity index (χ4v) is 0.324. The van der Waals surface area contributed by atoms with Gasteiger partial charge in [0.1, 0.15) is 6.07 Å². The van der Waals surface area contributed by atoms with Crippen LogP contribution in [0.4, 0.5) is 0 Å². The van der Waals surface area contributed by atoms with E-state index in [0.29, 0.717) is 0 Å². The van der Waals surface area contributed by atoms with Crippen molar-refractivity contribution in [3.8, 4) is 6.07 Å². The molecular formula is C7H8N2O. The van der Waals surface area contributed by atoms with Crippen LogP contribution in [0.2, 0.25) is 0 Å². The van der Waals surface area contributed by atoms with Crippen LogP contribution in [0.1, 0.15) is 0 Å². The average molecular weight is 136 g/mol. The molecule has 0 fully saturated rings. The summed E-state index contributed by atoms with van der Waals surface area (Å²) >= 11 is 0. The quantitative estimate of drug-likeness (QED) is 0.337. The van der Waals surface area contributed by atoms with Crippen molar-refractivity contribution in [1.82, 2.24) is 0 Å². The van der Waals surface area contributed by atoms with E-state index >= 15 is 0 Å². The summed E-state index contributed by atoms with van der Waals surface area (Å²) in [4.78, 5) is 0. The largest absolute Gasteiger partial charge is 0.504 e. The Morgan fingerprint density at radius 2 is 2.20 bits per heavy atom. The van der Waals surface area contributed by atoms with Crippen molar-refractivity contribution >= 4 is 0 Å². The Morgan fingerprint density at radius 1 is 1.70 bits per heavy atom. The molecule has 0 aliphatic heterocycles. The Morgan fingerprint density at radius 3 is 2.50 bits per heavy atom. The molecule has 0 aliphatic carbocycles. The van der Waals surface area contributed by atoms with Gasteiger partial charge >= 0.3 is 0 Å². The van der Waals surface area contributed by atoms with Crippen molar-refractivity contribution in [2.75, 3.05) is 0 Å². The van der Waals surface area contributed by atoms with Crippen LogP contribution in [0.3, 0.4) is 0 Å². The second-order valence-electron chi connectivity index (χ2n) is 1.60. The molecule has 0 rings (SSSR count). The van der Waals surface area contributed by atoms with Crippen LogP contribution >= 0.6 is 0 Å². The monoisotopic (exact) mass is 136 g/mol. The SMILES string of the molecule is C=C/C(N)=C(/O)C(=C)C#N. The standard InChI is InChI=1S/C7H8N2O/c1-3-6(9)7(10)5(2)4-8/h3,10H,1-2,9H2/b7-6-. The molecule has 0 amide bonds. The molecule has 3 nitrogen and oxygen atoms in total. The van der Waals surface area contributed by atoms with E-state index < -0.39 is 0 Å². The van der Waals surface area contributed by atoms with Crippen molar-refractivity contribution < 1.29 is 5.11 Å². The zero-order valence-corrected chi connectivity index (χ0v) is 5.46. The molecule has 0 radical (unpaired) electrons. The Labute approximate surface area is 59.4 Å². The van der Waals surface area contributed by atoms with Crippen LogP contribution in [0.25, 0.3) is 0 Å². The molecule has 10 heavy (non-hydrogen) atoms. The van der Waals surface area contributed by atoms with Gasteiger partial charge in [0.25, 0.3) is 0 Å². The second kappa shape index (κ2) is 3.36. The third-order valence-electron chi connectivity index (χ3n) is 0.914. The first kappa shape index (κ1) is 8.31. The fraction of sp³-hybridized carbons (Fsp3) is 0. The number of hydrogen-bond acceptors (Lipinski definition) is 3. The van der Waals surface area contributed by atoms with Gasteiger partial charge in [-0.2, -0.15) is 5.26 Å². The summed E-state index contributed by atoms with van der Waals surface area (Å²) in [5.74, 6) is -0.308. The summed E-state index contributed by atoms with van der Waals surface area (Å²) in [7, 11) is 0. The Bertz CT molecular complexity index is 232. The lowest BCUT2D eigenvalue weighted by atomic mass is 10.2. The maximum absolute atomic E-state index is 8.95. The highest BCUT2D eigenvalue weighted by Gasteiger charge is 2.00. The number of aliphatic hydroxyl groups excluding tert-OH is 1. The van der Waals surface area contributed by atoms with Gasteiger partial charge in [-0.3, -0.25) is 0 Å². The van der Waals surface area contributed by atoms with Crippen LogP contribution < -0.4 is 5.73 Å². The number of nitriles is 1. The van der Waals surface area contributed by atoms with Crippen molar-refractivity contribution in [3.63, 3.8) is 0 Å². The van der Waals surface area contributed by atoms with Gasteiger partial charge in [-0.25, -0.2) is 0 Å². The number of rotatable bonds is 2. The predicted octanol–water partition coefficient (Wildman–Crippen LogP) is 0.980. The normalized spacial score (nSPS) is 11.1. The van der Waals surface area contributed by atoms with Crippen LogP contribution in [-0.4, -0.2) is 5.11 Å². The summed E-state index contributed by atoms with van der Waals surface area (Å²) in [6.45, 7) is 6.55. The first-order chi connectivity index (χ1) is 4.63. The lowest BCUT2D eigenvalue weighted by molar-refractivity contribution is 0.421. The number of aliphatic hydroxyl groups is 1. The molecule has 3 N–H and O–H groups in total. The highest BCUT2D eigenvalue weighted by Crippen LogP contribution is 2.04. The lowest BCUT2D eigenvalue weighted by Crippen LogP contribution is -1.99.